The van der Waals surface area contributed by atoms with Crippen molar-refractivity contribution >= 4 is 0 Å². The monoisotopic (exact) mass is 246 g/mol. The van der Waals surface area contributed by atoms with Crippen LogP contribution in [-0.2, 0) is 17.6 Å². The Balaban J connectivity index is 1.62. The van der Waals surface area contributed by atoms with Gasteiger partial charge in [0.15, 0.2) is 0 Å². The summed E-state index contributed by atoms with van der Waals surface area (Å²) in [6.07, 6.45) is 7.65. The van der Waals surface area contributed by atoms with Crippen molar-refractivity contribution in [2.75, 3.05) is 0 Å². The van der Waals surface area contributed by atoms with Gasteiger partial charge in [0.1, 0.15) is 0 Å². The Morgan fingerprint density at radius 3 is 2.61 bits per heavy atom. The molecule has 0 aliphatic heterocycles. The van der Waals surface area contributed by atoms with E-state index in [0.29, 0.717) is 6.10 Å². The van der Waals surface area contributed by atoms with Gasteiger partial charge >= 0.3 is 0 Å². The third kappa shape index (κ3) is 2.60. The first kappa shape index (κ1) is 12.2. The third-order valence-electron chi connectivity index (χ3n) is 4.34. The average Bonchev–Trinajstić information content (AvgIpc) is 2.41. The molecule has 18 heavy (non-hydrogen) atoms. The van der Waals surface area contributed by atoms with Crippen molar-refractivity contribution in [2.45, 2.75) is 63.3 Å². The molecule has 3 atom stereocenters. The molecule has 1 saturated carbocycles. The molecule has 3 rings (SSSR count). The van der Waals surface area contributed by atoms with Crippen LogP contribution in [0.1, 0.15) is 43.2 Å². The fraction of sp³-hybridized carbons (Fsp3) is 0.625. The Morgan fingerprint density at radius 2 is 1.78 bits per heavy atom. The topological polar surface area (TPSA) is 29.5 Å². The number of rotatable bonds is 2. The van der Waals surface area contributed by atoms with Crippen molar-refractivity contribution in [1.29, 1.82) is 0 Å². The van der Waals surface area contributed by atoms with Gasteiger partial charge in [-0.1, -0.05) is 37.1 Å². The molecule has 1 fully saturated rings. The molecule has 1 aromatic rings. The number of aryl methyl sites for hydroxylation is 1. The number of hydrogen-bond acceptors (Lipinski definition) is 2. The lowest BCUT2D eigenvalue weighted by molar-refractivity contribution is -0.0967. The molecule has 0 amide bonds. The zero-order chi connectivity index (χ0) is 12.4. The second-order valence-corrected chi connectivity index (χ2v) is 5.66. The number of fused-ring (bicyclic) bond motifs is 1. The van der Waals surface area contributed by atoms with E-state index >= 15 is 0 Å². The van der Waals surface area contributed by atoms with Crippen LogP contribution in [0.25, 0.3) is 0 Å². The van der Waals surface area contributed by atoms with Crippen LogP contribution in [0, 0.1) is 0 Å². The number of aliphatic hydroxyl groups excluding tert-OH is 1. The van der Waals surface area contributed by atoms with E-state index in [2.05, 4.69) is 24.3 Å². The van der Waals surface area contributed by atoms with Crippen LogP contribution in [0.15, 0.2) is 24.3 Å². The highest BCUT2D eigenvalue weighted by Crippen LogP contribution is 2.28. The van der Waals surface area contributed by atoms with Crippen molar-refractivity contribution in [2.24, 2.45) is 0 Å². The zero-order valence-electron chi connectivity index (χ0n) is 10.8. The van der Waals surface area contributed by atoms with Gasteiger partial charge in [0.25, 0.3) is 0 Å². The van der Waals surface area contributed by atoms with Gasteiger partial charge < -0.3 is 9.84 Å². The molecule has 1 N–H and O–H groups in total. The normalized spacial score (nSPS) is 31.9. The maximum atomic E-state index is 9.97. The molecule has 0 heterocycles. The summed E-state index contributed by atoms with van der Waals surface area (Å²) in [7, 11) is 0. The van der Waals surface area contributed by atoms with Gasteiger partial charge in [0, 0.05) is 0 Å². The first-order valence-corrected chi connectivity index (χ1v) is 7.23. The van der Waals surface area contributed by atoms with E-state index in [1.807, 2.05) is 0 Å². The fourth-order valence-electron chi connectivity index (χ4n) is 3.26. The van der Waals surface area contributed by atoms with Crippen LogP contribution in [-0.4, -0.2) is 23.4 Å². The molecule has 0 radical (unpaired) electrons. The van der Waals surface area contributed by atoms with Crippen molar-refractivity contribution in [1.82, 2.24) is 0 Å². The van der Waals surface area contributed by atoms with Crippen molar-refractivity contribution < 1.29 is 9.84 Å². The van der Waals surface area contributed by atoms with Gasteiger partial charge in [-0.25, -0.2) is 0 Å². The maximum absolute atomic E-state index is 9.97. The van der Waals surface area contributed by atoms with Crippen LogP contribution in [0.5, 0.6) is 0 Å². The molecular weight excluding hydrogens is 224 g/mol. The standard InChI is InChI=1S/C16H22O2/c17-15-7-3-4-8-16(15)18-14-10-9-12-5-1-2-6-13(12)11-14/h1-2,5-6,14-17H,3-4,7-11H2. The highest BCUT2D eigenvalue weighted by molar-refractivity contribution is 5.29. The smallest absolute Gasteiger partial charge is 0.0837 e. The summed E-state index contributed by atoms with van der Waals surface area (Å²) in [5, 5.41) is 9.97. The summed E-state index contributed by atoms with van der Waals surface area (Å²) in [6, 6.07) is 8.66. The summed E-state index contributed by atoms with van der Waals surface area (Å²) >= 11 is 0. The van der Waals surface area contributed by atoms with Crippen LogP contribution in [0.2, 0.25) is 0 Å². The van der Waals surface area contributed by atoms with Gasteiger partial charge in [0.05, 0.1) is 18.3 Å². The Bertz CT molecular complexity index is 402. The number of benzene rings is 1. The van der Waals surface area contributed by atoms with E-state index in [4.69, 9.17) is 4.74 Å². The molecule has 0 saturated heterocycles. The molecular formula is C16H22O2. The Morgan fingerprint density at radius 1 is 1.00 bits per heavy atom. The molecule has 0 bridgehead atoms. The van der Waals surface area contributed by atoms with Crippen LogP contribution in [0.3, 0.4) is 0 Å². The minimum atomic E-state index is -0.240. The predicted octanol–water partition coefficient (Wildman–Crippen LogP) is 2.86. The molecule has 2 aliphatic rings. The molecule has 2 aliphatic carbocycles. The average molecular weight is 246 g/mol. The third-order valence-corrected chi connectivity index (χ3v) is 4.34. The maximum Gasteiger partial charge on any atom is 0.0837 e. The minimum absolute atomic E-state index is 0.0778. The molecule has 3 unspecified atom stereocenters. The van der Waals surface area contributed by atoms with Gasteiger partial charge in [-0.3, -0.25) is 0 Å². The van der Waals surface area contributed by atoms with E-state index in [1.165, 1.54) is 17.5 Å². The Labute approximate surface area is 109 Å². The lowest BCUT2D eigenvalue weighted by atomic mass is 9.89. The molecule has 2 heteroatoms. The van der Waals surface area contributed by atoms with Crippen molar-refractivity contribution in [3.05, 3.63) is 35.4 Å². The summed E-state index contributed by atoms with van der Waals surface area (Å²) in [4.78, 5) is 0. The lowest BCUT2D eigenvalue weighted by Crippen LogP contribution is -2.37. The highest BCUT2D eigenvalue weighted by atomic mass is 16.5. The summed E-state index contributed by atoms with van der Waals surface area (Å²) in [6.45, 7) is 0. The van der Waals surface area contributed by atoms with E-state index in [9.17, 15) is 5.11 Å². The van der Waals surface area contributed by atoms with Crippen LogP contribution in [0.4, 0.5) is 0 Å². The van der Waals surface area contributed by atoms with E-state index in [1.54, 1.807) is 0 Å². The highest BCUT2D eigenvalue weighted by Gasteiger charge is 2.28. The first-order valence-electron chi connectivity index (χ1n) is 7.23. The molecule has 1 aromatic carbocycles. The van der Waals surface area contributed by atoms with E-state index in [0.717, 1.165) is 38.5 Å². The van der Waals surface area contributed by atoms with Gasteiger partial charge in [-0.2, -0.15) is 0 Å². The molecule has 98 valence electrons. The number of hydrogen-bond donors (Lipinski definition) is 1. The van der Waals surface area contributed by atoms with Crippen molar-refractivity contribution in [3.8, 4) is 0 Å². The van der Waals surface area contributed by atoms with Crippen molar-refractivity contribution in [3.63, 3.8) is 0 Å². The van der Waals surface area contributed by atoms with Gasteiger partial charge in [-0.05, 0) is 43.2 Å². The largest absolute Gasteiger partial charge is 0.390 e. The van der Waals surface area contributed by atoms with Gasteiger partial charge in [0.2, 0.25) is 0 Å². The first-order chi connectivity index (χ1) is 8.83. The zero-order valence-corrected chi connectivity index (χ0v) is 10.8. The van der Waals surface area contributed by atoms with E-state index < -0.39 is 0 Å². The quantitative estimate of drug-likeness (QED) is 0.869. The predicted molar refractivity (Wildman–Crippen MR) is 71.6 cm³/mol. The van der Waals surface area contributed by atoms with Crippen LogP contribution >= 0.6 is 0 Å². The summed E-state index contributed by atoms with van der Waals surface area (Å²) in [5.41, 5.74) is 2.90. The second-order valence-electron chi connectivity index (χ2n) is 5.66. The molecule has 0 spiro atoms. The fourth-order valence-corrected chi connectivity index (χ4v) is 3.26. The Kier molecular flexibility index (Phi) is 3.67. The SMILES string of the molecule is OC1CCCCC1OC1CCc2ccccc2C1. The van der Waals surface area contributed by atoms with Crippen LogP contribution < -0.4 is 0 Å². The number of ether oxygens (including phenoxy) is 1. The molecule has 2 nitrogen and oxygen atoms in total. The molecule has 0 aromatic heterocycles. The summed E-state index contributed by atoms with van der Waals surface area (Å²) < 4.78 is 6.15. The second kappa shape index (κ2) is 5.41. The Hall–Kier alpha value is -0.860. The van der Waals surface area contributed by atoms with Gasteiger partial charge in [-0.15, -0.1) is 0 Å². The van der Waals surface area contributed by atoms with E-state index in [-0.39, 0.29) is 12.2 Å². The lowest BCUT2D eigenvalue weighted by Gasteiger charge is -2.33. The number of aliphatic hydroxyl groups is 1. The minimum Gasteiger partial charge on any atom is -0.390 e. The summed E-state index contributed by atoms with van der Waals surface area (Å²) in [5.74, 6) is 0.